The zero-order valence-corrected chi connectivity index (χ0v) is 9.67. The van der Waals surface area contributed by atoms with Crippen molar-refractivity contribution in [2.45, 2.75) is 4.90 Å². The quantitative estimate of drug-likeness (QED) is 0.629. The highest BCUT2D eigenvalue weighted by Crippen LogP contribution is 2.41. The predicted molar refractivity (Wildman–Crippen MR) is 64.6 cm³/mol. The van der Waals surface area contributed by atoms with Gasteiger partial charge in [0.15, 0.2) is 5.75 Å². The zero-order valence-electron chi connectivity index (χ0n) is 8.03. The molecule has 0 fully saturated rings. The van der Waals surface area contributed by atoms with E-state index in [1.807, 2.05) is 12.1 Å². The van der Waals surface area contributed by atoms with E-state index in [-0.39, 0.29) is 0 Å². The summed E-state index contributed by atoms with van der Waals surface area (Å²) in [5, 5.41) is 3.28. The second kappa shape index (κ2) is 3.71. The van der Waals surface area contributed by atoms with E-state index >= 15 is 0 Å². The highest BCUT2D eigenvalue weighted by atomic mass is 32.2. The van der Waals surface area contributed by atoms with Gasteiger partial charge >= 0.3 is 0 Å². The number of hydrogen-bond acceptors (Lipinski definition) is 4. The van der Waals surface area contributed by atoms with Crippen LogP contribution in [0.4, 0.5) is 5.69 Å². The number of anilines is 1. The van der Waals surface area contributed by atoms with Crippen molar-refractivity contribution >= 4 is 38.9 Å². The van der Waals surface area contributed by atoms with Crippen molar-refractivity contribution in [1.29, 1.82) is 0 Å². The number of rotatable bonds is 2. The van der Waals surface area contributed by atoms with E-state index in [0.29, 0.717) is 5.69 Å². The maximum absolute atomic E-state index is 5.85. The summed E-state index contributed by atoms with van der Waals surface area (Å²) in [5.74, 6) is 0.799. The second-order valence-electron chi connectivity index (χ2n) is 2.87. The number of nitrogen functional groups attached to an aromatic ring is 1. The van der Waals surface area contributed by atoms with Gasteiger partial charge < -0.3 is 10.5 Å². The molecule has 2 aromatic rings. The largest absolute Gasteiger partial charge is 0.494 e. The average Bonchev–Trinajstić information content (AvgIpc) is 2.61. The van der Waals surface area contributed by atoms with Crippen LogP contribution in [0.5, 0.6) is 5.75 Å². The van der Waals surface area contributed by atoms with Crippen LogP contribution in [0.25, 0.3) is 10.1 Å². The summed E-state index contributed by atoms with van der Waals surface area (Å²) in [6, 6.07) is 3.93. The summed E-state index contributed by atoms with van der Waals surface area (Å²) in [6.45, 7) is 0. The molecule has 0 amide bonds. The molecule has 14 heavy (non-hydrogen) atoms. The van der Waals surface area contributed by atoms with Gasteiger partial charge in [-0.2, -0.15) is 0 Å². The summed E-state index contributed by atoms with van der Waals surface area (Å²) >= 11 is 3.44. The molecule has 1 heterocycles. The van der Waals surface area contributed by atoms with Crippen LogP contribution < -0.4 is 10.5 Å². The molecule has 1 aromatic heterocycles. The molecule has 2 N–H and O–H groups in total. The fraction of sp³-hybridized carbons (Fsp3) is 0.200. The number of hydrogen-bond donors (Lipinski definition) is 1. The van der Waals surface area contributed by atoms with Crippen LogP contribution in [0.3, 0.4) is 0 Å². The molecule has 0 bridgehead atoms. The van der Waals surface area contributed by atoms with Crippen molar-refractivity contribution in [3.8, 4) is 5.75 Å². The van der Waals surface area contributed by atoms with E-state index in [1.165, 1.54) is 9.60 Å². The number of methoxy groups -OCH3 is 1. The number of fused-ring (bicyclic) bond motifs is 1. The van der Waals surface area contributed by atoms with Crippen molar-refractivity contribution < 1.29 is 4.74 Å². The lowest BCUT2D eigenvalue weighted by atomic mass is 10.2. The van der Waals surface area contributed by atoms with Gasteiger partial charge in [0.05, 0.1) is 18.2 Å². The van der Waals surface area contributed by atoms with Crippen molar-refractivity contribution in [3.05, 3.63) is 17.5 Å². The minimum absolute atomic E-state index is 0.703. The first-order chi connectivity index (χ1) is 6.77. The van der Waals surface area contributed by atoms with Gasteiger partial charge in [-0.15, -0.1) is 23.1 Å². The Bertz CT molecular complexity index is 464. The SMILES string of the molecule is COc1c(N)ccc2scc(SC)c12. The molecular formula is C10H11NOS2. The molecule has 4 heteroatoms. The topological polar surface area (TPSA) is 35.2 Å². The molecule has 74 valence electrons. The van der Waals surface area contributed by atoms with Gasteiger partial charge in [0.25, 0.3) is 0 Å². The van der Waals surface area contributed by atoms with Crippen LogP contribution in [0.2, 0.25) is 0 Å². The number of thiophene rings is 1. The highest BCUT2D eigenvalue weighted by Gasteiger charge is 2.11. The van der Waals surface area contributed by atoms with Gasteiger partial charge in [-0.3, -0.25) is 0 Å². The Labute approximate surface area is 91.1 Å². The summed E-state index contributed by atoms with van der Waals surface area (Å²) in [7, 11) is 1.66. The maximum atomic E-state index is 5.85. The smallest absolute Gasteiger partial charge is 0.151 e. The molecule has 0 atom stereocenters. The summed E-state index contributed by atoms with van der Waals surface area (Å²) in [6.07, 6.45) is 2.06. The van der Waals surface area contributed by atoms with Crippen molar-refractivity contribution in [1.82, 2.24) is 0 Å². The molecule has 2 nitrogen and oxygen atoms in total. The fourth-order valence-corrected chi connectivity index (χ4v) is 3.28. The first-order valence-corrected chi connectivity index (χ1v) is 6.26. The lowest BCUT2D eigenvalue weighted by Gasteiger charge is -2.06. The number of ether oxygens (including phenoxy) is 1. The van der Waals surface area contributed by atoms with Gasteiger partial charge in [0.2, 0.25) is 0 Å². The lowest BCUT2D eigenvalue weighted by molar-refractivity contribution is 0.421. The Morgan fingerprint density at radius 2 is 2.21 bits per heavy atom. The van der Waals surface area contributed by atoms with Crippen LogP contribution in [0, 0.1) is 0 Å². The van der Waals surface area contributed by atoms with Gasteiger partial charge in [0, 0.05) is 15.0 Å². The second-order valence-corrected chi connectivity index (χ2v) is 4.62. The standard InChI is InChI=1S/C10H11NOS2/c1-12-10-6(11)3-4-7-9(10)8(13-2)5-14-7/h3-5H,11H2,1-2H3. The molecule has 0 aliphatic carbocycles. The van der Waals surface area contributed by atoms with Crippen molar-refractivity contribution in [2.24, 2.45) is 0 Å². The Morgan fingerprint density at radius 3 is 2.86 bits per heavy atom. The lowest BCUT2D eigenvalue weighted by Crippen LogP contribution is -1.92. The van der Waals surface area contributed by atoms with E-state index in [9.17, 15) is 0 Å². The Kier molecular flexibility index (Phi) is 2.56. The minimum Gasteiger partial charge on any atom is -0.494 e. The van der Waals surface area contributed by atoms with Crippen LogP contribution in [-0.2, 0) is 0 Å². The molecule has 0 aliphatic heterocycles. The fourth-order valence-electron chi connectivity index (χ4n) is 1.46. The Balaban J connectivity index is 2.81. The summed E-state index contributed by atoms with van der Waals surface area (Å²) in [4.78, 5) is 1.23. The average molecular weight is 225 g/mol. The normalized spacial score (nSPS) is 10.7. The molecule has 2 rings (SSSR count). The van der Waals surface area contributed by atoms with Gasteiger partial charge in [0.1, 0.15) is 0 Å². The summed E-state index contributed by atoms with van der Waals surface area (Å²) < 4.78 is 6.55. The molecule has 0 spiro atoms. The van der Waals surface area contributed by atoms with Gasteiger partial charge in [-0.1, -0.05) is 0 Å². The van der Waals surface area contributed by atoms with E-state index in [2.05, 4.69) is 11.6 Å². The van der Waals surface area contributed by atoms with Gasteiger partial charge in [-0.05, 0) is 18.4 Å². The van der Waals surface area contributed by atoms with Crippen LogP contribution >= 0.6 is 23.1 Å². The molecular weight excluding hydrogens is 214 g/mol. The van der Waals surface area contributed by atoms with E-state index in [1.54, 1.807) is 30.2 Å². The molecule has 0 saturated carbocycles. The molecule has 0 unspecified atom stereocenters. The molecule has 0 saturated heterocycles. The molecule has 1 aromatic carbocycles. The van der Waals surface area contributed by atoms with Crippen molar-refractivity contribution in [3.63, 3.8) is 0 Å². The van der Waals surface area contributed by atoms with Crippen LogP contribution in [0.1, 0.15) is 0 Å². The minimum atomic E-state index is 0.703. The van der Waals surface area contributed by atoms with E-state index in [4.69, 9.17) is 10.5 Å². The highest BCUT2D eigenvalue weighted by molar-refractivity contribution is 7.99. The summed E-state index contributed by atoms with van der Waals surface area (Å²) in [5.41, 5.74) is 6.55. The van der Waals surface area contributed by atoms with E-state index < -0.39 is 0 Å². The Morgan fingerprint density at radius 1 is 1.43 bits per heavy atom. The van der Waals surface area contributed by atoms with Gasteiger partial charge in [-0.25, -0.2) is 0 Å². The predicted octanol–water partition coefficient (Wildman–Crippen LogP) is 3.21. The van der Waals surface area contributed by atoms with Crippen LogP contribution in [0.15, 0.2) is 22.4 Å². The number of thioether (sulfide) groups is 1. The van der Waals surface area contributed by atoms with Crippen LogP contribution in [-0.4, -0.2) is 13.4 Å². The monoisotopic (exact) mass is 225 g/mol. The van der Waals surface area contributed by atoms with Crippen molar-refractivity contribution in [2.75, 3.05) is 19.1 Å². The van der Waals surface area contributed by atoms with E-state index in [0.717, 1.165) is 11.1 Å². The third kappa shape index (κ3) is 1.35. The third-order valence-electron chi connectivity index (χ3n) is 2.11. The first kappa shape index (κ1) is 9.68. The first-order valence-electron chi connectivity index (χ1n) is 4.15. The number of benzene rings is 1. The molecule has 0 aliphatic rings. The Hall–Kier alpha value is -0.870. The third-order valence-corrected chi connectivity index (χ3v) is 3.97. The number of nitrogens with two attached hydrogens (primary N) is 1. The maximum Gasteiger partial charge on any atom is 0.151 e. The molecule has 0 radical (unpaired) electrons. The zero-order chi connectivity index (χ0) is 10.1.